The van der Waals surface area contributed by atoms with E-state index >= 15 is 0 Å². The van der Waals surface area contributed by atoms with Gasteiger partial charge in [-0.25, -0.2) is 4.98 Å². The molecule has 0 saturated heterocycles. The number of aryl methyl sites for hydroxylation is 1. The summed E-state index contributed by atoms with van der Waals surface area (Å²) in [6, 6.07) is 1.90. The highest BCUT2D eigenvalue weighted by molar-refractivity contribution is 6.31. The maximum atomic E-state index is 5.91. The number of pyridine rings is 1. The molecule has 2 rings (SSSR count). The fourth-order valence-corrected chi connectivity index (χ4v) is 1.27. The number of nitrogens with two attached hydrogens (primary N) is 1. The maximum Gasteiger partial charge on any atom is 0.138 e. The number of nitrogens with zero attached hydrogens (tertiary/aromatic N) is 2. The highest BCUT2D eigenvalue weighted by Gasteiger charge is 2.02. The van der Waals surface area contributed by atoms with Crippen LogP contribution < -0.4 is 5.73 Å². The van der Waals surface area contributed by atoms with E-state index in [2.05, 4.69) is 4.98 Å². The van der Waals surface area contributed by atoms with Crippen molar-refractivity contribution in [3.8, 4) is 0 Å². The van der Waals surface area contributed by atoms with Crippen LogP contribution in [0.5, 0.6) is 0 Å². The summed E-state index contributed by atoms with van der Waals surface area (Å²) in [7, 11) is 0. The third kappa shape index (κ3) is 0.940. The molecule has 0 radical (unpaired) electrons. The van der Waals surface area contributed by atoms with E-state index in [1.54, 1.807) is 16.8 Å². The minimum absolute atomic E-state index is 0.604. The van der Waals surface area contributed by atoms with Gasteiger partial charge in [0.25, 0.3) is 0 Å². The van der Waals surface area contributed by atoms with Crippen LogP contribution >= 0.6 is 11.6 Å². The number of fused-ring (bicyclic) bond motifs is 1. The van der Waals surface area contributed by atoms with Crippen LogP contribution in [0.15, 0.2) is 18.5 Å². The Hall–Kier alpha value is -1.22. The van der Waals surface area contributed by atoms with Gasteiger partial charge in [-0.05, 0) is 18.6 Å². The fourth-order valence-electron chi connectivity index (χ4n) is 1.11. The van der Waals surface area contributed by atoms with Crippen molar-refractivity contribution in [1.29, 1.82) is 0 Å². The molecule has 0 aliphatic heterocycles. The van der Waals surface area contributed by atoms with Gasteiger partial charge >= 0.3 is 0 Å². The monoisotopic (exact) mass is 181 g/mol. The van der Waals surface area contributed by atoms with Crippen LogP contribution in [0.3, 0.4) is 0 Å². The van der Waals surface area contributed by atoms with Gasteiger partial charge < -0.3 is 5.73 Å². The van der Waals surface area contributed by atoms with Crippen molar-refractivity contribution >= 4 is 23.1 Å². The first-order valence-electron chi connectivity index (χ1n) is 3.57. The number of imidazole rings is 1. The van der Waals surface area contributed by atoms with Crippen LogP contribution in [0.25, 0.3) is 5.65 Å². The molecule has 2 N–H and O–H groups in total. The zero-order valence-electron chi connectivity index (χ0n) is 6.58. The van der Waals surface area contributed by atoms with Gasteiger partial charge in [-0.15, -0.1) is 0 Å². The minimum atomic E-state index is 0.604. The standard InChI is InChI=1S/C8H8ClN3/c1-5-2-8-11-3-7(10)12(8)4-6(5)9/h2-4H,10H2,1H3. The first-order chi connectivity index (χ1) is 5.68. The molecule has 0 fully saturated rings. The summed E-state index contributed by atoms with van der Waals surface area (Å²) in [5.41, 5.74) is 7.47. The van der Waals surface area contributed by atoms with Crippen molar-refractivity contribution in [2.45, 2.75) is 6.92 Å². The zero-order chi connectivity index (χ0) is 8.72. The Morgan fingerprint density at radius 3 is 3.08 bits per heavy atom. The lowest BCUT2D eigenvalue weighted by molar-refractivity contribution is 1.18. The third-order valence-electron chi connectivity index (χ3n) is 1.82. The van der Waals surface area contributed by atoms with E-state index < -0.39 is 0 Å². The number of rotatable bonds is 0. The van der Waals surface area contributed by atoms with Crippen molar-refractivity contribution in [3.63, 3.8) is 0 Å². The molecule has 2 aromatic rings. The van der Waals surface area contributed by atoms with E-state index in [9.17, 15) is 0 Å². The van der Waals surface area contributed by atoms with E-state index in [4.69, 9.17) is 17.3 Å². The first kappa shape index (κ1) is 7.43. The quantitative estimate of drug-likeness (QED) is 0.675. The molecule has 0 spiro atoms. The lowest BCUT2D eigenvalue weighted by Gasteiger charge is -1.99. The molecular formula is C8H8ClN3. The van der Waals surface area contributed by atoms with Gasteiger partial charge in [0.15, 0.2) is 0 Å². The van der Waals surface area contributed by atoms with Crippen LogP contribution in [-0.4, -0.2) is 9.38 Å². The van der Waals surface area contributed by atoms with Gasteiger partial charge in [0, 0.05) is 6.20 Å². The molecule has 0 bridgehead atoms. The number of anilines is 1. The number of nitrogen functional groups attached to an aromatic ring is 1. The van der Waals surface area contributed by atoms with Gasteiger partial charge in [-0.1, -0.05) is 11.6 Å². The predicted octanol–water partition coefficient (Wildman–Crippen LogP) is 1.88. The molecule has 0 aliphatic rings. The van der Waals surface area contributed by atoms with Crippen LogP contribution in [-0.2, 0) is 0 Å². The van der Waals surface area contributed by atoms with Gasteiger partial charge in [0.2, 0.25) is 0 Å². The van der Waals surface area contributed by atoms with Crippen LogP contribution in [0, 0.1) is 6.92 Å². The van der Waals surface area contributed by atoms with Gasteiger partial charge in [0.05, 0.1) is 11.2 Å². The summed E-state index contributed by atoms with van der Waals surface area (Å²) < 4.78 is 1.76. The Kier molecular flexibility index (Phi) is 1.48. The van der Waals surface area contributed by atoms with Crippen LogP contribution in [0.1, 0.15) is 5.56 Å². The van der Waals surface area contributed by atoms with Crippen molar-refractivity contribution in [1.82, 2.24) is 9.38 Å². The SMILES string of the molecule is Cc1cc2ncc(N)n2cc1Cl. The summed E-state index contributed by atoms with van der Waals surface area (Å²) in [4.78, 5) is 4.10. The molecule has 2 aromatic heterocycles. The minimum Gasteiger partial charge on any atom is -0.383 e. The summed E-state index contributed by atoms with van der Waals surface area (Å²) in [5.74, 6) is 0.604. The Labute approximate surface area is 74.8 Å². The van der Waals surface area contributed by atoms with Crippen molar-refractivity contribution < 1.29 is 0 Å². The van der Waals surface area contributed by atoms with Crippen molar-refractivity contribution in [3.05, 3.63) is 29.0 Å². The molecule has 0 atom stereocenters. The summed E-state index contributed by atoms with van der Waals surface area (Å²) in [6.45, 7) is 1.94. The van der Waals surface area contributed by atoms with E-state index in [0.717, 1.165) is 11.2 Å². The second-order valence-corrected chi connectivity index (χ2v) is 3.12. The highest BCUT2D eigenvalue weighted by Crippen LogP contribution is 2.18. The topological polar surface area (TPSA) is 43.3 Å². The zero-order valence-corrected chi connectivity index (χ0v) is 7.34. The Morgan fingerprint density at radius 1 is 1.58 bits per heavy atom. The number of hydrogen-bond donors (Lipinski definition) is 1. The Morgan fingerprint density at radius 2 is 2.33 bits per heavy atom. The molecule has 62 valence electrons. The second kappa shape index (κ2) is 2.38. The summed E-state index contributed by atoms with van der Waals surface area (Å²) in [6.07, 6.45) is 3.39. The highest BCUT2D eigenvalue weighted by atomic mass is 35.5. The molecule has 0 unspecified atom stereocenters. The van der Waals surface area contributed by atoms with Crippen LogP contribution in [0.4, 0.5) is 5.82 Å². The predicted molar refractivity (Wildman–Crippen MR) is 49.4 cm³/mol. The normalized spacial score (nSPS) is 10.8. The number of halogens is 1. The maximum absolute atomic E-state index is 5.91. The molecule has 0 saturated carbocycles. The molecular weight excluding hydrogens is 174 g/mol. The number of hydrogen-bond acceptors (Lipinski definition) is 2. The van der Waals surface area contributed by atoms with Crippen molar-refractivity contribution in [2.75, 3.05) is 5.73 Å². The molecule has 4 heteroatoms. The summed E-state index contributed by atoms with van der Waals surface area (Å²) in [5, 5.41) is 0.701. The smallest absolute Gasteiger partial charge is 0.138 e. The number of aromatic nitrogens is 2. The molecule has 0 amide bonds. The first-order valence-corrected chi connectivity index (χ1v) is 3.95. The van der Waals surface area contributed by atoms with Gasteiger partial charge in [-0.3, -0.25) is 4.40 Å². The van der Waals surface area contributed by atoms with Gasteiger partial charge in [-0.2, -0.15) is 0 Å². The van der Waals surface area contributed by atoms with Gasteiger partial charge in [0.1, 0.15) is 11.5 Å². The molecule has 12 heavy (non-hydrogen) atoms. The largest absolute Gasteiger partial charge is 0.383 e. The van der Waals surface area contributed by atoms with E-state index in [0.29, 0.717) is 10.8 Å². The van der Waals surface area contributed by atoms with E-state index in [1.165, 1.54) is 0 Å². The Balaban J connectivity index is 2.87. The molecule has 2 heterocycles. The molecule has 3 nitrogen and oxygen atoms in total. The second-order valence-electron chi connectivity index (χ2n) is 2.72. The third-order valence-corrected chi connectivity index (χ3v) is 2.21. The van der Waals surface area contributed by atoms with Crippen LogP contribution in [0.2, 0.25) is 5.02 Å². The lowest BCUT2D eigenvalue weighted by Crippen LogP contribution is -1.92. The molecule has 0 aliphatic carbocycles. The average molecular weight is 182 g/mol. The molecule has 0 aromatic carbocycles. The fraction of sp³-hybridized carbons (Fsp3) is 0.125. The van der Waals surface area contributed by atoms with E-state index in [1.807, 2.05) is 13.0 Å². The van der Waals surface area contributed by atoms with E-state index in [-0.39, 0.29) is 0 Å². The average Bonchev–Trinajstić information content (AvgIpc) is 2.35. The Bertz CT molecular complexity index is 433. The summed E-state index contributed by atoms with van der Waals surface area (Å²) >= 11 is 5.91. The lowest BCUT2D eigenvalue weighted by atomic mass is 10.3. The van der Waals surface area contributed by atoms with Crippen molar-refractivity contribution in [2.24, 2.45) is 0 Å².